The number of hydrogen-bond acceptors (Lipinski definition) is 7. The zero-order valence-corrected chi connectivity index (χ0v) is 20.5. The van der Waals surface area contributed by atoms with Gasteiger partial charge in [-0.25, -0.2) is 8.42 Å². The van der Waals surface area contributed by atoms with Crippen molar-refractivity contribution < 1.29 is 13.2 Å². The van der Waals surface area contributed by atoms with E-state index in [1.54, 1.807) is 0 Å². The van der Waals surface area contributed by atoms with Crippen LogP contribution < -0.4 is 10.2 Å². The van der Waals surface area contributed by atoms with Gasteiger partial charge in [0.2, 0.25) is 0 Å². The molecule has 1 amide bonds. The van der Waals surface area contributed by atoms with Gasteiger partial charge in [-0.2, -0.15) is 0 Å². The number of nitrogens with zero attached hydrogens (tertiary/aromatic N) is 3. The highest BCUT2D eigenvalue weighted by Gasteiger charge is 2.42. The molecule has 3 heterocycles. The van der Waals surface area contributed by atoms with Crippen LogP contribution in [0, 0.1) is 13.8 Å². The van der Waals surface area contributed by atoms with Crippen molar-refractivity contribution in [3.05, 3.63) is 59.2 Å². The first-order chi connectivity index (χ1) is 15.8. The largest absolute Gasteiger partial charge is 0.368 e. The van der Waals surface area contributed by atoms with Crippen LogP contribution in [0.3, 0.4) is 0 Å². The lowest BCUT2D eigenvalue weighted by atomic mass is 10.1. The Balaban J connectivity index is 1.17. The Morgan fingerprint density at radius 2 is 1.76 bits per heavy atom. The Kier molecular flexibility index (Phi) is 5.86. The van der Waals surface area contributed by atoms with Crippen LogP contribution in [0.15, 0.2) is 47.5 Å². The molecule has 9 heteroatoms. The van der Waals surface area contributed by atoms with E-state index in [1.807, 2.05) is 29.2 Å². The van der Waals surface area contributed by atoms with E-state index >= 15 is 0 Å². The molecule has 2 atom stereocenters. The highest BCUT2D eigenvalue weighted by Crippen LogP contribution is 2.34. The summed E-state index contributed by atoms with van der Waals surface area (Å²) in [6.07, 6.45) is 0. The van der Waals surface area contributed by atoms with Crippen molar-refractivity contribution in [1.82, 2.24) is 4.90 Å². The number of carbonyl (C=O) groups is 1. The van der Waals surface area contributed by atoms with E-state index in [-0.39, 0.29) is 28.7 Å². The lowest BCUT2D eigenvalue weighted by Crippen LogP contribution is -2.49. The molecule has 0 saturated carbocycles. The van der Waals surface area contributed by atoms with Crippen LogP contribution in [-0.4, -0.2) is 73.4 Å². The second-order valence-corrected chi connectivity index (χ2v) is 12.4. The smallest absolute Gasteiger partial charge is 0.253 e. The molecule has 7 nitrogen and oxygen atoms in total. The Labute approximate surface area is 199 Å². The summed E-state index contributed by atoms with van der Waals surface area (Å²) in [7, 11) is -2.95. The molecule has 0 radical (unpaired) electrons. The number of nitrogens with one attached hydrogen (secondary N) is 1. The number of piperazine rings is 1. The fourth-order valence-electron chi connectivity index (χ4n) is 4.63. The van der Waals surface area contributed by atoms with Gasteiger partial charge in [-0.15, -0.1) is 0 Å². The second-order valence-electron chi connectivity index (χ2n) is 9.01. The highest BCUT2D eigenvalue weighted by atomic mass is 32.2. The first kappa shape index (κ1) is 22.3. The number of sulfone groups is 1. The molecule has 2 saturated heterocycles. The van der Waals surface area contributed by atoms with E-state index in [1.165, 1.54) is 28.6 Å². The summed E-state index contributed by atoms with van der Waals surface area (Å²) < 4.78 is 23.4. The Morgan fingerprint density at radius 3 is 2.45 bits per heavy atom. The number of carbonyl (C=O) groups excluding carboxylic acids is 1. The van der Waals surface area contributed by atoms with E-state index < -0.39 is 9.84 Å². The summed E-state index contributed by atoms with van der Waals surface area (Å²) in [4.78, 5) is 21.8. The minimum atomic E-state index is -2.95. The van der Waals surface area contributed by atoms with Crippen molar-refractivity contribution in [2.45, 2.75) is 25.1 Å². The van der Waals surface area contributed by atoms with Crippen LogP contribution in [0.5, 0.6) is 0 Å². The van der Waals surface area contributed by atoms with Gasteiger partial charge in [0.05, 0.1) is 17.5 Å². The summed E-state index contributed by atoms with van der Waals surface area (Å²) in [5.74, 6) is 0.385. The number of amidine groups is 1. The Hall–Kier alpha value is -2.52. The Bertz CT molecular complexity index is 1200. The van der Waals surface area contributed by atoms with Gasteiger partial charge in [0, 0.05) is 48.4 Å². The summed E-state index contributed by atoms with van der Waals surface area (Å²) in [5, 5.41) is 4.03. The van der Waals surface area contributed by atoms with E-state index in [4.69, 9.17) is 0 Å². The number of amides is 1. The van der Waals surface area contributed by atoms with Crippen molar-refractivity contribution in [3.63, 3.8) is 0 Å². The maximum Gasteiger partial charge on any atom is 0.253 e. The third kappa shape index (κ3) is 4.75. The van der Waals surface area contributed by atoms with Crippen LogP contribution >= 0.6 is 11.8 Å². The number of benzene rings is 2. The quantitative estimate of drug-likeness (QED) is 0.722. The van der Waals surface area contributed by atoms with Gasteiger partial charge in [0.15, 0.2) is 15.0 Å². The summed E-state index contributed by atoms with van der Waals surface area (Å²) in [6, 6.07) is 13.8. The summed E-state index contributed by atoms with van der Waals surface area (Å²) in [6.45, 7) is 7.29. The molecule has 174 valence electrons. The van der Waals surface area contributed by atoms with E-state index in [2.05, 4.69) is 47.3 Å². The first-order valence-electron chi connectivity index (χ1n) is 11.2. The maximum absolute atomic E-state index is 13.0. The number of thioether (sulfide) groups is 1. The monoisotopic (exact) mass is 484 g/mol. The topological polar surface area (TPSA) is 82.1 Å². The molecule has 0 spiro atoms. The molecule has 2 fully saturated rings. The molecule has 5 rings (SSSR count). The number of rotatable bonds is 3. The summed E-state index contributed by atoms with van der Waals surface area (Å²) in [5.41, 5.74) is 5.29. The molecule has 0 aliphatic carbocycles. The minimum absolute atomic E-state index is 0.0145. The predicted octanol–water partition coefficient (Wildman–Crippen LogP) is 2.95. The first-order valence-corrected chi connectivity index (χ1v) is 13.9. The maximum atomic E-state index is 13.0. The van der Waals surface area contributed by atoms with Gasteiger partial charge in [0.1, 0.15) is 0 Å². The van der Waals surface area contributed by atoms with E-state index in [0.29, 0.717) is 18.7 Å². The molecule has 3 aliphatic rings. The number of aryl methyl sites for hydroxylation is 2. The lowest BCUT2D eigenvalue weighted by molar-refractivity contribution is 0.0747. The van der Waals surface area contributed by atoms with Crippen molar-refractivity contribution in [2.75, 3.05) is 47.9 Å². The lowest BCUT2D eigenvalue weighted by Gasteiger charge is -2.37. The number of fused-ring (bicyclic) bond motifs is 1. The summed E-state index contributed by atoms with van der Waals surface area (Å²) >= 11 is 1.49. The van der Waals surface area contributed by atoms with Crippen LogP contribution in [0.25, 0.3) is 0 Å². The second kappa shape index (κ2) is 8.68. The van der Waals surface area contributed by atoms with Gasteiger partial charge in [-0.3, -0.25) is 9.79 Å². The van der Waals surface area contributed by atoms with Crippen LogP contribution in [0.2, 0.25) is 0 Å². The molecule has 0 aromatic heterocycles. The van der Waals surface area contributed by atoms with Crippen LogP contribution in [-0.2, 0) is 9.84 Å². The van der Waals surface area contributed by atoms with Crippen molar-refractivity contribution in [1.29, 1.82) is 0 Å². The minimum Gasteiger partial charge on any atom is -0.368 e. The molecule has 3 aliphatic heterocycles. The molecule has 0 unspecified atom stereocenters. The fraction of sp³-hybridized carbons (Fsp3) is 0.417. The SMILES string of the molecule is Cc1ccc(C)c(N2CCN(C(=O)c3ccc(NC4=N[C@H]5CS(=O)(=O)C[C@@H]5S4)cc3)CC2)c1. The number of hydrogen-bond donors (Lipinski definition) is 1. The van der Waals surface area contributed by atoms with Gasteiger partial charge in [0.25, 0.3) is 5.91 Å². The fourth-order valence-corrected chi connectivity index (χ4v) is 8.30. The Morgan fingerprint density at radius 1 is 1.03 bits per heavy atom. The normalized spacial score (nSPS) is 23.9. The van der Waals surface area contributed by atoms with Crippen molar-refractivity contribution in [2.24, 2.45) is 4.99 Å². The molecule has 2 aromatic rings. The molecule has 2 aromatic carbocycles. The zero-order valence-electron chi connectivity index (χ0n) is 18.8. The molecular weight excluding hydrogens is 456 g/mol. The molecular formula is C24H28N4O3S2. The third-order valence-corrected chi connectivity index (χ3v) is 9.62. The zero-order chi connectivity index (χ0) is 23.2. The predicted molar refractivity (Wildman–Crippen MR) is 135 cm³/mol. The van der Waals surface area contributed by atoms with E-state index in [0.717, 1.165) is 23.9 Å². The average Bonchev–Trinajstić information content (AvgIpc) is 3.28. The van der Waals surface area contributed by atoms with Gasteiger partial charge < -0.3 is 15.1 Å². The number of aliphatic imine (C=N–C) groups is 1. The third-order valence-electron chi connectivity index (χ3n) is 6.47. The van der Waals surface area contributed by atoms with Gasteiger partial charge in [-0.1, -0.05) is 23.9 Å². The number of anilines is 2. The standard InChI is InChI=1S/C24H28N4O3S2/c1-16-3-4-17(2)21(13-16)27-9-11-28(12-10-27)23(29)18-5-7-19(8-6-18)25-24-26-20-14-33(30,31)15-22(20)32-24/h3-8,13,20,22H,9-12,14-15H2,1-2H3,(H,25,26)/t20-,22-/m0/s1. The molecule has 1 N–H and O–H groups in total. The highest BCUT2D eigenvalue weighted by molar-refractivity contribution is 8.15. The van der Waals surface area contributed by atoms with Crippen molar-refractivity contribution >= 4 is 44.0 Å². The average molecular weight is 485 g/mol. The van der Waals surface area contributed by atoms with Gasteiger partial charge in [-0.05, 0) is 55.3 Å². The molecule has 33 heavy (non-hydrogen) atoms. The van der Waals surface area contributed by atoms with Crippen molar-refractivity contribution in [3.8, 4) is 0 Å². The van der Waals surface area contributed by atoms with Gasteiger partial charge >= 0.3 is 0 Å². The van der Waals surface area contributed by atoms with Crippen LogP contribution in [0.4, 0.5) is 11.4 Å². The molecule has 0 bridgehead atoms. The van der Waals surface area contributed by atoms with E-state index in [9.17, 15) is 13.2 Å². The van der Waals surface area contributed by atoms with Crippen LogP contribution in [0.1, 0.15) is 21.5 Å².